The molecule has 0 fully saturated rings. The topological polar surface area (TPSA) is 63.8 Å². The van der Waals surface area contributed by atoms with Crippen LogP contribution in [0.2, 0.25) is 0 Å². The van der Waals surface area contributed by atoms with Gasteiger partial charge in [0.05, 0.1) is 6.21 Å². The Morgan fingerprint density at radius 3 is 2.30 bits per heavy atom. The Morgan fingerprint density at radius 2 is 1.67 bits per heavy atom. The van der Waals surface area contributed by atoms with Gasteiger partial charge in [-0.3, -0.25) is 4.79 Å². The van der Waals surface area contributed by atoms with Crippen LogP contribution in [-0.4, -0.2) is 18.7 Å². The largest absolute Gasteiger partial charge is 0.484 e. The van der Waals surface area contributed by atoms with Crippen LogP contribution in [0, 0.1) is 5.41 Å². The standard InChI is InChI=1S/C27H31BrN2O3/c1-26(2,3)18-27(4,5)20-8-12-22(13-9-20)32-17-25(31)30-29-16-23-14-15-24(33-23)19-6-10-21(28)11-7-19/h6-16H,17-18H2,1-5H3,(H,30,31). The summed E-state index contributed by atoms with van der Waals surface area (Å²) >= 11 is 3.42. The van der Waals surface area contributed by atoms with Crippen molar-refractivity contribution in [3.05, 3.63) is 76.5 Å². The van der Waals surface area contributed by atoms with Crippen LogP contribution in [0.5, 0.6) is 5.75 Å². The summed E-state index contributed by atoms with van der Waals surface area (Å²) in [5.41, 5.74) is 4.97. The first kappa shape index (κ1) is 24.8. The average Bonchev–Trinajstić information content (AvgIpc) is 3.20. The van der Waals surface area contributed by atoms with Gasteiger partial charge in [-0.15, -0.1) is 0 Å². The number of hydrazone groups is 1. The summed E-state index contributed by atoms with van der Waals surface area (Å²) < 4.78 is 12.3. The predicted octanol–water partition coefficient (Wildman–Crippen LogP) is 6.95. The Balaban J connectivity index is 1.48. The molecule has 2 aromatic carbocycles. The van der Waals surface area contributed by atoms with Crippen LogP contribution in [0.3, 0.4) is 0 Å². The van der Waals surface area contributed by atoms with Crippen molar-refractivity contribution in [2.45, 2.75) is 46.5 Å². The van der Waals surface area contributed by atoms with Gasteiger partial charge in [-0.2, -0.15) is 5.10 Å². The van der Waals surface area contributed by atoms with E-state index in [9.17, 15) is 4.79 Å². The average molecular weight is 511 g/mol. The minimum Gasteiger partial charge on any atom is -0.484 e. The van der Waals surface area contributed by atoms with Crippen LogP contribution in [0.1, 0.15) is 52.4 Å². The van der Waals surface area contributed by atoms with Gasteiger partial charge in [0.15, 0.2) is 6.61 Å². The number of nitrogens with zero attached hydrogens (tertiary/aromatic N) is 1. The highest BCUT2D eigenvalue weighted by Gasteiger charge is 2.27. The maximum absolute atomic E-state index is 12.1. The summed E-state index contributed by atoms with van der Waals surface area (Å²) in [5.74, 6) is 1.58. The summed E-state index contributed by atoms with van der Waals surface area (Å²) in [4.78, 5) is 12.1. The van der Waals surface area contributed by atoms with E-state index in [1.807, 2.05) is 42.5 Å². The minimum atomic E-state index is -0.344. The SMILES string of the molecule is CC(C)(C)CC(C)(C)c1ccc(OCC(=O)NN=Cc2ccc(-c3ccc(Br)cc3)o2)cc1. The van der Waals surface area contributed by atoms with Crippen molar-refractivity contribution < 1.29 is 13.9 Å². The predicted molar refractivity (Wildman–Crippen MR) is 137 cm³/mol. The molecule has 0 radical (unpaired) electrons. The number of nitrogens with one attached hydrogen (secondary N) is 1. The second-order valence-corrected chi connectivity index (χ2v) is 10.9. The molecule has 6 heteroatoms. The molecule has 1 N–H and O–H groups in total. The number of rotatable bonds is 8. The highest BCUT2D eigenvalue weighted by molar-refractivity contribution is 9.10. The molecule has 0 saturated heterocycles. The number of furan rings is 1. The third-order valence-electron chi connectivity index (χ3n) is 5.11. The molecule has 5 nitrogen and oxygen atoms in total. The molecule has 3 rings (SSSR count). The summed E-state index contributed by atoms with van der Waals surface area (Å²) in [6.45, 7) is 11.1. The zero-order valence-electron chi connectivity index (χ0n) is 19.8. The Kier molecular flexibility index (Phi) is 7.80. The zero-order valence-corrected chi connectivity index (χ0v) is 21.4. The summed E-state index contributed by atoms with van der Waals surface area (Å²) in [6.07, 6.45) is 2.53. The Morgan fingerprint density at radius 1 is 1.00 bits per heavy atom. The lowest BCUT2D eigenvalue weighted by Crippen LogP contribution is -2.25. The van der Waals surface area contributed by atoms with E-state index in [0.717, 1.165) is 22.2 Å². The van der Waals surface area contributed by atoms with Crippen LogP contribution in [0.25, 0.3) is 11.3 Å². The minimum absolute atomic E-state index is 0.0615. The number of benzene rings is 2. The lowest BCUT2D eigenvalue weighted by atomic mass is 9.72. The van der Waals surface area contributed by atoms with Crippen LogP contribution < -0.4 is 10.2 Å². The van der Waals surface area contributed by atoms with Crippen LogP contribution in [0.4, 0.5) is 0 Å². The maximum Gasteiger partial charge on any atom is 0.277 e. The summed E-state index contributed by atoms with van der Waals surface area (Å²) in [7, 11) is 0. The van der Waals surface area contributed by atoms with E-state index >= 15 is 0 Å². The molecule has 0 aliphatic rings. The first-order chi connectivity index (χ1) is 15.5. The lowest BCUT2D eigenvalue weighted by molar-refractivity contribution is -0.123. The van der Waals surface area contributed by atoms with Gasteiger partial charge in [0.2, 0.25) is 0 Å². The molecule has 0 atom stereocenters. The van der Waals surface area contributed by atoms with Gasteiger partial charge < -0.3 is 9.15 Å². The molecule has 174 valence electrons. The monoisotopic (exact) mass is 510 g/mol. The van der Waals surface area contributed by atoms with E-state index < -0.39 is 0 Å². The molecule has 0 unspecified atom stereocenters. The Labute approximate surface area is 204 Å². The number of hydrogen-bond donors (Lipinski definition) is 1. The molecule has 0 bridgehead atoms. The summed E-state index contributed by atoms with van der Waals surface area (Å²) in [6, 6.07) is 19.4. The number of carbonyl (C=O) groups excluding carboxylic acids is 1. The Bertz CT molecular complexity index is 1090. The molecule has 0 spiro atoms. The molecular formula is C27H31BrN2O3. The highest BCUT2D eigenvalue weighted by atomic mass is 79.9. The fourth-order valence-corrected chi connectivity index (χ4v) is 4.24. The van der Waals surface area contributed by atoms with Gasteiger partial charge in [-0.05, 0) is 59.2 Å². The van der Waals surface area contributed by atoms with Crippen molar-refractivity contribution in [2.24, 2.45) is 10.5 Å². The second-order valence-electron chi connectivity index (χ2n) is 9.94. The summed E-state index contributed by atoms with van der Waals surface area (Å²) in [5, 5.41) is 3.95. The molecule has 0 aliphatic carbocycles. The number of carbonyl (C=O) groups is 1. The second kappa shape index (κ2) is 10.4. The van der Waals surface area contributed by atoms with E-state index in [2.05, 4.69) is 73.2 Å². The third-order valence-corrected chi connectivity index (χ3v) is 5.64. The highest BCUT2D eigenvalue weighted by Crippen LogP contribution is 2.36. The van der Waals surface area contributed by atoms with Gasteiger partial charge in [0, 0.05) is 10.0 Å². The van der Waals surface area contributed by atoms with Gasteiger partial charge >= 0.3 is 0 Å². The molecular weight excluding hydrogens is 480 g/mol. The number of ether oxygens (including phenoxy) is 1. The molecule has 1 heterocycles. The van der Waals surface area contributed by atoms with E-state index in [1.54, 1.807) is 6.07 Å². The van der Waals surface area contributed by atoms with Crippen molar-refractivity contribution in [2.75, 3.05) is 6.61 Å². The molecule has 0 aliphatic heterocycles. The molecule has 33 heavy (non-hydrogen) atoms. The first-order valence-electron chi connectivity index (χ1n) is 10.9. The Hall–Kier alpha value is -2.86. The lowest BCUT2D eigenvalue weighted by Gasteiger charge is -2.33. The van der Waals surface area contributed by atoms with Crippen LogP contribution in [0.15, 0.2) is 74.7 Å². The number of hydrogen-bond acceptors (Lipinski definition) is 4. The van der Waals surface area contributed by atoms with Crippen molar-refractivity contribution in [3.63, 3.8) is 0 Å². The van der Waals surface area contributed by atoms with Crippen molar-refractivity contribution in [1.29, 1.82) is 0 Å². The fourth-order valence-electron chi connectivity index (χ4n) is 3.97. The van der Waals surface area contributed by atoms with Crippen molar-refractivity contribution in [1.82, 2.24) is 5.43 Å². The van der Waals surface area contributed by atoms with E-state index in [0.29, 0.717) is 11.5 Å². The van der Waals surface area contributed by atoms with Crippen molar-refractivity contribution >= 4 is 28.1 Å². The molecule has 3 aromatic rings. The number of amides is 1. The van der Waals surface area contributed by atoms with Crippen molar-refractivity contribution in [3.8, 4) is 17.1 Å². The first-order valence-corrected chi connectivity index (χ1v) is 11.7. The zero-order chi connectivity index (χ0) is 24.1. The van der Waals surface area contributed by atoms with Gasteiger partial charge in [-0.1, -0.05) is 74.8 Å². The molecule has 1 aromatic heterocycles. The third kappa shape index (κ3) is 7.60. The van der Waals surface area contributed by atoms with E-state index in [1.165, 1.54) is 11.8 Å². The fraction of sp³-hybridized carbons (Fsp3) is 0.333. The smallest absolute Gasteiger partial charge is 0.277 e. The molecule has 1 amide bonds. The van der Waals surface area contributed by atoms with Crippen LogP contribution >= 0.6 is 15.9 Å². The van der Waals surface area contributed by atoms with Gasteiger partial charge in [0.1, 0.15) is 17.3 Å². The normalized spacial score (nSPS) is 12.2. The molecule has 0 saturated carbocycles. The van der Waals surface area contributed by atoms with E-state index in [-0.39, 0.29) is 23.3 Å². The van der Waals surface area contributed by atoms with Gasteiger partial charge in [0.25, 0.3) is 5.91 Å². The van der Waals surface area contributed by atoms with E-state index in [4.69, 9.17) is 9.15 Å². The number of halogens is 1. The quantitative estimate of drug-likeness (QED) is 0.263. The van der Waals surface area contributed by atoms with Crippen LogP contribution in [-0.2, 0) is 10.2 Å². The maximum atomic E-state index is 12.1. The van der Waals surface area contributed by atoms with Gasteiger partial charge in [-0.25, -0.2) is 5.43 Å².